The molecule has 20 heavy (non-hydrogen) atoms. The molecule has 3 N–H and O–H groups in total. The molecule has 0 saturated carbocycles. The summed E-state index contributed by atoms with van der Waals surface area (Å²) in [6.07, 6.45) is 4.22. The molecular formula is C13H23NO5S. The van der Waals surface area contributed by atoms with Crippen molar-refractivity contribution in [1.29, 1.82) is 0 Å². The number of hydrogen-bond donors (Lipinski definition) is 4. The van der Waals surface area contributed by atoms with Gasteiger partial charge in [0.1, 0.15) is 6.04 Å². The van der Waals surface area contributed by atoms with Gasteiger partial charge >= 0.3 is 11.9 Å². The molecule has 6 nitrogen and oxygen atoms in total. The molecule has 0 heterocycles. The Hall–Kier alpha value is -1.24. The standard InChI is InChI=1S/C13H23NO5S/c1-2-3-4-5-6-10(20)12(17)14-9(13(18)19)7-8-11(15)16/h9-10,20H,2-8H2,1H3,(H,14,17)(H,15,16)(H,18,19). The second kappa shape index (κ2) is 10.5. The number of aliphatic carboxylic acids is 2. The first-order valence-electron chi connectivity index (χ1n) is 6.81. The molecule has 1 amide bonds. The molecule has 0 aliphatic rings. The van der Waals surface area contributed by atoms with E-state index in [-0.39, 0.29) is 12.8 Å². The number of hydrogen-bond acceptors (Lipinski definition) is 4. The molecule has 0 aliphatic carbocycles. The Kier molecular flexibility index (Phi) is 9.88. The summed E-state index contributed by atoms with van der Waals surface area (Å²) in [5.74, 6) is -2.78. The van der Waals surface area contributed by atoms with E-state index in [2.05, 4.69) is 24.9 Å². The summed E-state index contributed by atoms with van der Waals surface area (Å²) < 4.78 is 0. The van der Waals surface area contributed by atoms with Gasteiger partial charge in [0, 0.05) is 6.42 Å². The number of nitrogens with one attached hydrogen (secondary N) is 1. The number of unbranched alkanes of at least 4 members (excludes halogenated alkanes) is 3. The Morgan fingerprint density at radius 2 is 1.75 bits per heavy atom. The predicted molar refractivity (Wildman–Crippen MR) is 78.0 cm³/mol. The maximum atomic E-state index is 11.8. The van der Waals surface area contributed by atoms with E-state index in [1.54, 1.807) is 0 Å². The second-order valence-corrected chi connectivity index (χ2v) is 5.32. The van der Waals surface area contributed by atoms with Crippen LogP contribution in [0.25, 0.3) is 0 Å². The minimum atomic E-state index is -1.23. The zero-order valence-corrected chi connectivity index (χ0v) is 12.6. The second-order valence-electron chi connectivity index (χ2n) is 4.70. The number of rotatable bonds is 11. The van der Waals surface area contributed by atoms with E-state index in [1.165, 1.54) is 0 Å². The molecule has 0 bridgehead atoms. The van der Waals surface area contributed by atoms with E-state index in [4.69, 9.17) is 10.2 Å². The highest BCUT2D eigenvalue weighted by atomic mass is 32.1. The van der Waals surface area contributed by atoms with E-state index in [0.717, 1.165) is 25.7 Å². The monoisotopic (exact) mass is 305 g/mol. The highest BCUT2D eigenvalue weighted by Gasteiger charge is 2.23. The van der Waals surface area contributed by atoms with Gasteiger partial charge in [-0.05, 0) is 12.8 Å². The Bertz CT molecular complexity index is 335. The molecule has 0 fully saturated rings. The van der Waals surface area contributed by atoms with Crippen molar-refractivity contribution in [2.24, 2.45) is 0 Å². The van der Waals surface area contributed by atoms with Crippen LogP contribution >= 0.6 is 12.6 Å². The van der Waals surface area contributed by atoms with Crippen molar-refractivity contribution >= 4 is 30.5 Å². The number of carboxylic acid groups (broad SMARTS) is 2. The van der Waals surface area contributed by atoms with Crippen LogP contribution in [0.4, 0.5) is 0 Å². The summed E-state index contributed by atoms with van der Waals surface area (Å²) >= 11 is 4.16. The van der Waals surface area contributed by atoms with E-state index in [0.29, 0.717) is 6.42 Å². The molecule has 0 aliphatic heterocycles. The average molecular weight is 305 g/mol. The number of carboxylic acids is 2. The first-order chi connectivity index (χ1) is 9.38. The molecular weight excluding hydrogens is 282 g/mol. The zero-order chi connectivity index (χ0) is 15.5. The maximum Gasteiger partial charge on any atom is 0.326 e. The normalized spacial score (nSPS) is 13.5. The van der Waals surface area contributed by atoms with Crippen LogP contribution in [0.5, 0.6) is 0 Å². The van der Waals surface area contributed by atoms with Gasteiger partial charge in [0.15, 0.2) is 0 Å². The summed E-state index contributed by atoms with van der Waals surface area (Å²) in [6.45, 7) is 2.09. The Morgan fingerprint density at radius 3 is 2.25 bits per heavy atom. The summed E-state index contributed by atoms with van der Waals surface area (Å²) in [7, 11) is 0. The third kappa shape index (κ3) is 8.79. The molecule has 0 aromatic carbocycles. The first-order valence-corrected chi connectivity index (χ1v) is 7.33. The van der Waals surface area contributed by atoms with Crippen molar-refractivity contribution in [2.75, 3.05) is 0 Å². The van der Waals surface area contributed by atoms with Crippen molar-refractivity contribution < 1.29 is 24.6 Å². The Balaban J connectivity index is 4.16. The van der Waals surface area contributed by atoms with E-state index in [1.807, 2.05) is 0 Å². The van der Waals surface area contributed by atoms with E-state index >= 15 is 0 Å². The van der Waals surface area contributed by atoms with Gasteiger partial charge in [-0.3, -0.25) is 9.59 Å². The predicted octanol–water partition coefficient (Wildman–Crippen LogP) is 1.69. The van der Waals surface area contributed by atoms with E-state index in [9.17, 15) is 14.4 Å². The lowest BCUT2D eigenvalue weighted by Crippen LogP contribution is -2.44. The quantitative estimate of drug-likeness (QED) is 0.343. The van der Waals surface area contributed by atoms with Crippen LogP contribution in [0.2, 0.25) is 0 Å². The summed E-state index contributed by atoms with van der Waals surface area (Å²) in [5.41, 5.74) is 0. The molecule has 2 atom stereocenters. The van der Waals surface area contributed by atoms with Crippen LogP contribution in [0.3, 0.4) is 0 Å². The summed E-state index contributed by atoms with van der Waals surface area (Å²) in [6, 6.07) is -1.18. The van der Waals surface area contributed by atoms with Crippen molar-refractivity contribution in [3.05, 3.63) is 0 Å². The SMILES string of the molecule is CCCCCCC(S)C(=O)NC(CCC(=O)O)C(=O)O. The van der Waals surface area contributed by atoms with Gasteiger partial charge in [-0.2, -0.15) is 12.6 Å². The highest BCUT2D eigenvalue weighted by molar-refractivity contribution is 7.81. The Labute approximate surface area is 124 Å². The zero-order valence-electron chi connectivity index (χ0n) is 11.7. The van der Waals surface area contributed by atoms with Gasteiger partial charge in [-0.25, -0.2) is 4.79 Å². The van der Waals surface area contributed by atoms with Gasteiger partial charge in [-0.1, -0.05) is 32.6 Å². The minimum absolute atomic E-state index is 0.132. The molecule has 0 aromatic rings. The highest BCUT2D eigenvalue weighted by Crippen LogP contribution is 2.11. The first kappa shape index (κ1) is 18.8. The topological polar surface area (TPSA) is 104 Å². The number of carbonyl (C=O) groups excluding carboxylic acids is 1. The maximum absolute atomic E-state index is 11.8. The van der Waals surface area contributed by atoms with Gasteiger partial charge < -0.3 is 15.5 Å². The third-order valence-corrected chi connectivity index (χ3v) is 3.39. The molecule has 0 spiro atoms. The molecule has 0 radical (unpaired) electrons. The third-order valence-electron chi connectivity index (χ3n) is 2.90. The van der Waals surface area contributed by atoms with E-state index < -0.39 is 29.1 Å². The summed E-state index contributed by atoms with van der Waals surface area (Å²) in [5, 5.41) is 19.2. The Morgan fingerprint density at radius 1 is 1.10 bits per heavy atom. The molecule has 2 unspecified atom stereocenters. The fourth-order valence-corrected chi connectivity index (χ4v) is 1.95. The van der Waals surface area contributed by atoms with Crippen LogP contribution in [-0.2, 0) is 14.4 Å². The summed E-state index contributed by atoms with van der Waals surface area (Å²) in [4.78, 5) is 33.1. The van der Waals surface area contributed by atoms with Crippen LogP contribution < -0.4 is 5.32 Å². The van der Waals surface area contributed by atoms with Crippen molar-refractivity contribution in [1.82, 2.24) is 5.32 Å². The van der Waals surface area contributed by atoms with Gasteiger partial charge in [0.05, 0.1) is 5.25 Å². The fraction of sp³-hybridized carbons (Fsp3) is 0.769. The molecule has 7 heteroatoms. The van der Waals surface area contributed by atoms with Gasteiger partial charge in [0.2, 0.25) is 5.91 Å². The molecule has 116 valence electrons. The van der Waals surface area contributed by atoms with Crippen LogP contribution in [0.1, 0.15) is 51.9 Å². The van der Waals surface area contributed by atoms with Crippen LogP contribution in [-0.4, -0.2) is 39.4 Å². The van der Waals surface area contributed by atoms with Gasteiger partial charge in [-0.15, -0.1) is 0 Å². The lowest BCUT2D eigenvalue weighted by atomic mass is 10.1. The lowest BCUT2D eigenvalue weighted by Gasteiger charge is -2.16. The largest absolute Gasteiger partial charge is 0.481 e. The number of carbonyl (C=O) groups is 3. The molecule has 0 rings (SSSR count). The van der Waals surface area contributed by atoms with Crippen molar-refractivity contribution in [3.63, 3.8) is 0 Å². The molecule has 0 saturated heterocycles. The van der Waals surface area contributed by atoms with Crippen LogP contribution in [0, 0.1) is 0 Å². The lowest BCUT2D eigenvalue weighted by molar-refractivity contribution is -0.143. The van der Waals surface area contributed by atoms with Crippen molar-refractivity contribution in [2.45, 2.75) is 63.2 Å². The molecule has 0 aromatic heterocycles. The minimum Gasteiger partial charge on any atom is -0.481 e. The number of amides is 1. The van der Waals surface area contributed by atoms with Crippen molar-refractivity contribution in [3.8, 4) is 0 Å². The van der Waals surface area contributed by atoms with Gasteiger partial charge in [0.25, 0.3) is 0 Å². The average Bonchev–Trinajstić information content (AvgIpc) is 2.38. The number of thiol groups is 1. The fourth-order valence-electron chi connectivity index (χ4n) is 1.69. The smallest absolute Gasteiger partial charge is 0.326 e. The van der Waals surface area contributed by atoms with Crippen LogP contribution in [0.15, 0.2) is 0 Å².